The zero-order chi connectivity index (χ0) is 19.7. The molecule has 1 unspecified atom stereocenters. The fourth-order valence-electron chi connectivity index (χ4n) is 4.36. The highest BCUT2D eigenvalue weighted by Crippen LogP contribution is 2.25. The van der Waals surface area contributed by atoms with E-state index in [9.17, 15) is 9.59 Å². The average molecular weight is 383 g/mol. The van der Waals surface area contributed by atoms with Gasteiger partial charge in [-0.05, 0) is 38.7 Å². The smallest absolute Gasteiger partial charge is 0.256 e. The van der Waals surface area contributed by atoms with E-state index >= 15 is 0 Å². The Kier molecular flexibility index (Phi) is 5.33. The van der Waals surface area contributed by atoms with Crippen LogP contribution in [0.5, 0.6) is 0 Å². The summed E-state index contributed by atoms with van der Waals surface area (Å²) in [7, 11) is 0. The number of carbonyl (C=O) groups is 2. The van der Waals surface area contributed by atoms with Crippen molar-refractivity contribution in [3.63, 3.8) is 0 Å². The van der Waals surface area contributed by atoms with E-state index in [-0.39, 0.29) is 17.9 Å². The molecule has 150 valence electrons. The van der Waals surface area contributed by atoms with Gasteiger partial charge in [-0.3, -0.25) is 9.59 Å². The predicted octanol–water partition coefficient (Wildman–Crippen LogP) is 2.60. The Balaban J connectivity index is 1.64. The van der Waals surface area contributed by atoms with E-state index < -0.39 is 0 Å². The molecule has 2 aromatic heterocycles. The van der Waals surface area contributed by atoms with Crippen molar-refractivity contribution in [3.05, 3.63) is 23.1 Å². The van der Waals surface area contributed by atoms with Crippen molar-refractivity contribution in [2.75, 3.05) is 13.1 Å². The summed E-state index contributed by atoms with van der Waals surface area (Å²) in [6, 6.07) is 1.90. The lowest BCUT2D eigenvalue weighted by Gasteiger charge is -2.33. The van der Waals surface area contributed by atoms with Crippen LogP contribution in [0.1, 0.15) is 67.3 Å². The number of likely N-dealkylation sites (tertiary alicyclic amines) is 1. The number of carbonyl (C=O) groups excluding carboxylic acids is 2. The van der Waals surface area contributed by atoms with Gasteiger partial charge in [-0.2, -0.15) is 0 Å². The van der Waals surface area contributed by atoms with Gasteiger partial charge >= 0.3 is 0 Å². The molecule has 1 fully saturated rings. The maximum atomic E-state index is 13.4. The highest BCUT2D eigenvalue weighted by molar-refractivity contribution is 6.04. The molecule has 28 heavy (non-hydrogen) atoms. The van der Waals surface area contributed by atoms with Crippen LogP contribution in [0.25, 0.3) is 11.2 Å². The number of hydrogen-bond donors (Lipinski definition) is 1. The van der Waals surface area contributed by atoms with Gasteiger partial charge in [-0.15, -0.1) is 0 Å². The Labute approximate surface area is 165 Å². The number of piperidine rings is 1. The summed E-state index contributed by atoms with van der Waals surface area (Å²) >= 11 is 0. The Morgan fingerprint density at radius 2 is 2.04 bits per heavy atom. The van der Waals surface area contributed by atoms with Gasteiger partial charge < -0.3 is 14.8 Å². The van der Waals surface area contributed by atoms with Crippen molar-refractivity contribution < 1.29 is 9.59 Å². The molecule has 2 aliphatic heterocycles. The second-order valence-electron chi connectivity index (χ2n) is 7.99. The van der Waals surface area contributed by atoms with Crippen LogP contribution in [0.15, 0.2) is 6.07 Å². The Morgan fingerprint density at radius 3 is 2.86 bits per heavy atom. The van der Waals surface area contributed by atoms with Crippen LogP contribution < -0.4 is 5.32 Å². The molecule has 7 nitrogen and oxygen atoms in total. The van der Waals surface area contributed by atoms with E-state index in [1.165, 1.54) is 6.42 Å². The predicted molar refractivity (Wildman–Crippen MR) is 107 cm³/mol. The molecule has 1 atom stereocenters. The van der Waals surface area contributed by atoms with Crippen molar-refractivity contribution in [2.24, 2.45) is 0 Å². The third-order valence-corrected chi connectivity index (χ3v) is 5.82. The molecule has 2 aromatic rings. The van der Waals surface area contributed by atoms with E-state index in [2.05, 4.69) is 9.88 Å². The van der Waals surface area contributed by atoms with Gasteiger partial charge in [0.05, 0.1) is 5.56 Å². The van der Waals surface area contributed by atoms with E-state index in [1.54, 1.807) is 0 Å². The van der Waals surface area contributed by atoms with E-state index in [0.717, 1.165) is 61.3 Å². The maximum Gasteiger partial charge on any atom is 0.256 e. The van der Waals surface area contributed by atoms with Gasteiger partial charge in [0.2, 0.25) is 5.91 Å². The fraction of sp³-hybridized carbons (Fsp3) is 0.619. The number of fused-ring (bicyclic) bond motifs is 3. The third-order valence-electron chi connectivity index (χ3n) is 5.82. The van der Waals surface area contributed by atoms with Gasteiger partial charge in [0.15, 0.2) is 5.65 Å². The molecular weight excluding hydrogens is 354 g/mol. The molecule has 1 saturated heterocycles. The molecule has 0 bridgehead atoms. The number of pyridine rings is 1. The molecule has 0 spiro atoms. The first-order valence-electron chi connectivity index (χ1n) is 10.5. The normalized spacial score (nSPS) is 19.9. The largest absolute Gasteiger partial charge is 0.352 e. The number of hydrogen-bond acceptors (Lipinski definition) is 4. The van der Waals surface area contributed by atoms with Crippen molar-refractivity contribution in [1.82, 2.24) is 24.8 Å². The molecule has 2 amide bonds. The van der Waals surface area contributed by atoms with Crippen molar-refractivity contribution in [1.29, 1.82) is 0 Å². The Bertz CT molecular complexity index is 904. The molecule has 4 rings (SSSR count). The minimum Gasteiger partial charge on any atom is -0.352 e. The monoisotopic (exact) mass is 383 g/mol. The van der Waals surface area contributed by atoms with Crippen LogP contribution in [0.4, 0.5) is 0 Å². The van der Waals surface area contributed by atoms with E-state index in [4.69, 9.17) is 9.97 Å². The summed E-state index contributed by atoms with van der Waals surface area (Å²) in [5.41, 5.74) is 3.06. The first-order chi connectivity index (χ1) is 13.6. The zero-order valence-electron chi connectivity index (χ0n) is 16.8. The van der Waals surface area contributed by atoms with Gasteiger partial charge in [0, 0.05) is 44.2 Å². The number of imidazole rings is 1. The number of nitrogens with one attached hydrogen (secondary N) is 1. The van der Waals surface area contributed by atoms with Crippen LogP contribution in [0.2, 0.25) is 0 Å². The molecule has 0 aromatic carbocycles. The molecular formula is C21H29N5O2. The summed E-state index contributed by atoms with van der Waals surface area (Å²) in [4.78, 5) is 36.5. The van der Waals surface area contributed by atoms with Crippen LogP contribution in [-0.4, -0.2) is 50.4 Å². The number of aryl methyl sites for hydroxylation is 3. The standard InChI is InChI=1S/C21H29N5O2/c1-3-18(27)23-15-8-7-10-25(13-15)21(28)16-12-14(2)22-20-19(16)24-17-9-5-4-6-11-26(17)20/h12,15H,3-11,13H2,1-2H3,(H,23,27). The van der Waals surface area contributed by atoms with Gasteiger partial charge in [0.1, 0.15) is 11.3 Å². The molecule has 4 heterocycles. The van der Waals surface area contributed by atoms with Crippen LogP contribution in [0.3, 0.4) is 0 Å². The number of aromatic nitrogens is 3. The Hall–Kier alpha value is -2.44. The van der Waals surface area contributed by atoms with Gasteiger partial charge in [-0.1, -0.05) is 13.3 Å². The lowest BCUT2D eigenvalue weighted by molar-refractivity contribution is -0.121. The lowest BCUT2D eigenvalue weighted by atomic mass is 10.0. The van der Waals surface area contributed by atoms with Crippen molar-refractivity contribution >= 4 is 23.0 Å². The van der Waals surface area contributed by atoms with Crippen molar-refractivity contribution in [2.45, 2.75) is 71.4 Å². The second-order valence-corrected chi connectivity index (χ2v) is 7.99. The van der Waals surface area contributed by atoms with Gasteiger partial charge in [-0.25, -0.2) is 9.97 Å². The summed E-state index contributed by atoms with van der Waals surface area (Å²) in [5, 5.41) is 3.04. The maximum absolute atomic E-state index is 13.4. The fourth-order valence-corrected chi connectivity index (χ4v) is 4.36. The number of nitrogens with zero attached hydrogens (tertiary/aromatic N) is 4. The highest BCUT2D eigenvalue weighted by atomic mass is 16.2. The second kappa shape index (κ2) is 7.89. The molecule has 0 saturated carbocycles. The lowest BCUT2D eigenvalue weighted by Crippen LogP contribution is -2.49. The topological polar surface area (TPSA) is 80.1 Å². The number of rotatable bonds is 3. The molecule has 0 aliphatic carbocycles. The molecule has 0 radical (unpaired) electrons. The third kappa shape index (κ3) is 3.62. The Morgan fingerprint density at radius 1 is 1.18 bits per heavy atom. The molecule has 2 aliphatic rings. The van der Waals surface area contributed by atoms with E-state index in [1.807, 2.05) is 24.8 Å². The van der Waals surface area contributed by atoms with Crippen LogP contribution in [-0.2, 0) is 17.8 Å². The quantitative estimate of drug-likeness (QED) is 0.883. The first kappa shape index (κ1) is 18.9. The van der Waals surface area contributed by atoms with Crippen LogP contribution in [0, 0.1) is 6.92 Å². The summed E-state index contributed by atoms with van der Waals surface area (Å²) < 4.78 is 2.20. The average Bonchev–Trinajstić information content (AvgIpc) is 2.87. The minimum absolute atomic E-state index is 0.000734. The number of amides is 2. The summed E-state index contributed by atoms with van der Waals surface area (Å²) in [6.07, 6.45) is 6.69. The van der Waals surface area contributed by atoms with Gasteiger partial charge in [0.25, 0.3) is 5.91 Å². The summed E-state index contributed by atoms with van der Waals surface area (Å²) in [6.45, 7) is 5.98. The summed E-state index contributed by atoms with van der Waals surface area (Å²) in [5.74, 6) is 1.09. The first-order valence-corrected chi connectivity index (χ1v) is 10.5. The highest BCUT2D eigenvalue weighted by Gasteiger charge is 2.28. The van der Waals surface area contributed by atoms with E-state index in [0.29, 0.717) is 25.1 Å². The molecule has 1 N–H and O–H groups in total. The zero-order valence-corrected chi connectivity index (χ0v) is 16.8. The van der Waals surface area contributed by atoms with Crippen molar-refractivity contribution in [3.8, 4) is 0 Å². The minimum atomic E-state index is -0.000734. The van der Waals surface area contributed by atoms with Crippen LogP contribution >= 0.6 is 0 Å². The molecule has 7 heteroatoms. The SMILES string of the molecule is CCC(=O)NC1CCCN(C(=O)c2cc(C)nc3c2nc2n3CCCCC2)C1.